The number of rotatable bonds is 6. The molecule has 21 heavy (non-hydrogen) atoms. The van der Waals surface area contributed by atoms with Crippen LogP contribution >= 0.6 is 11.6 Å². The van der Waals surface area contributed by atoms with Crippen molar-refractivity contribution in [1.29, 1.82) is 0 Å². The second kappa shape index (κ2) is 7.47. The van der Waals surface area contributed by atoms with Gasteiger partial charge in [-0.15, -0.1) is 0 Å². The molecule has 1 heterocycles. The van der Waals surface area contributed by atoms with Gasteiger partial charge in [0, 0.05) is 17.8 Å². The molecule has 0 saturated heterocycles. The smallest absolute Gasteiger partial charge is 0.265 e. The minimum Gasteiger partial charge on any atom is -0.490 e. The van der Waals surface area contributed by atoms with Gasteiger partial charge in [0.2, 0.25) is 0 Å². The van der Waals surface area contributed by atoms with E-state index in [1.807, 2.05) is 0 Å². The van der Waals surface area contributed by atoms with E-state index >= 15 is 0 Å². The van der Waals surface area contributed by atoms with Crippen LogP contribution in [0.3, 0.4) is 0 Å². The lowest BCUT2D eigenvalue weighted by Crippen LogP contribution is -2.29. The van der Waals surface area contributed by atoms with Crippen molar-refractivity contribution in [3.8, 4) is 11.5 Å². The summed E-state index contributed by atoms with van der Waals surface area (Å²) < 4.78 is 10.9. The van der Waals surface area contributed by atoms with Crippen LogP contribution in [0.1, 0.15) is 10.4 Å². The highest BCUT2D eigenvalue weighted by atomic mass is 35.5. The zero-order valence-corrected chi connectivity index (χ0v) is 11.8. The fourth-order valence-electron chi connectivity index (χ4n) is 1.60. The van der Waals surface area contributed by atoms with Gasteiger partial charge in [-0.2, -0.15) is 0 Å². The summed E-state index contributed by atoms with van der Waals surface area (Å²) >= 11 is 5.79. The summed E-state index contributed by atoms with van der Waals surface area (Å²) in [5.74, 6) is 5.83. The summed E-state index contributed by atoms with van der Waals surface area (Å²) in [7, 11) is 0. The molecule has 110 valence electrons. The number of nitrogens with one attached hydrogen (secondary N) is 1. The molecule has 3 N–H and O–H groups in total. The van der Waals surface area contributed by atoms with Gasteiger partial charge in [0.15, 0.2) is 0 Å². The minimum atomic E-state index is -0.373. The first-order valence-corrected chi connectivity index (χ1v) is 6.54. The molecule has 0 atom stereocenters. The minimum absolute atomic E-state index is 0.320. The number of nitrogens with two attached hydrogens (primary N) is 1. The standard InChI is InChI=1S/C14H14ClN3O3/c15-11-7-13(9-17-8-11)21-5-4-20-12-3-1-2-10(6-12)14(19)18-16/h1-3,6-9H,4-5,16H2,(H,18,19). The van der Waals surface area contributed by atoms with Crippen LogP contribution in [0.2, 0.25) is 5.02 Å². The summed E-state index contributed by atoms with van der Waals surface area (Å²) in [6, 6.07) is 8.36. The number of halogens is 1. The zero-order valence-electron chi connectivity index (χ0n) is 11.1. The van der Waals surface area contributed by atoms with Crippen molar-refractivity contribution in [3.63, 3.8) is 0 Å². The van der Waals surface area contributed by atoms with E-state index in [4.69, 9.17) is 26.9 Å². The predicted molar refractivity (Wildman–Crippen MR) is 78.3 cm³/mol. The van der Waals surface area contributed by atoms with Crippen molar-refractivity contribution >= 4 is 17.5 Å². The van der Waals surface area contributed by atoms with E-state index in [0.29, 0.717) is 35.3 Å². The van der Waals surface area contributed by atoms with Gasteiger partial charge in [0.25, 0.3) is 5.91 Å². The number of hydrazine groups is 1. The summed E-state index contributed by atoms with van der Waals surface area (Å²) in [5, 5.41) is 0.508. The molecule has 0 unspecified atom stereocenters. The fraction of sp³-hybridized carbons (Fsp3) is 0.143. The molecule has 0 saturated carbocycles. The molecule has 0 aliphatic heterocycles. The normalized spacial score (nSPS) is 10.0. The van der Waals surface area contributed by atoms with Gasteiger partial charge in [0.1, 0.15) is 24.7 Å². The van der Waals surface area contributed by atoms with Gasteiger partial charge in [-0.05, 0) is 18.2 Å². The molecule has 7 heteroatoms. The molecule has 0 fully saturated rings. The van der Waals surface area contributed by atoms with Crippen molar-refractivity contribution in [2.45, 2.75) is 0 Å². The third-order valence-corrected chi connectivity index (χ3v) is 2.73. The molecule has 2 aromatic rings. The molecular formula is C14H14ClN3O3. The second-order valence-corrected chi connectivity index (χ2v) is 4.47. The van der Waals surface area contributed by atoms with E-state index in [9.17, 15) is 4.79 Å². The van der Waals surface area contributed by atoms with Crippen molar-refractivity contribution in [3.05, 3.63) is 53.3 Å². The Hall–Kier alpha value is -2.31. The van der Waals surface area contributed by atoms with Gasteiger partial charge in [-0.1, -0.05) is 17.7 Å². The molecule has 6 nitrogen and oxygen atoms in total. The van der Waals surface area contributed by atoms with E-state index in [2.05, 4.69) is 10.4 Å². The maximum atomic E-state index is 11.4. The average Bonchev–Trinajstić information content (AvgIpc) is 2.51. The van der Waals surface area contributed by atoms with Crippen LogP contribution in [0.5, 0.6) is 11.5 Å². The van der Waals surface area contributed by atoms with Crippen LogP contribution in [0.4, 0.5) is 0 Å². The maximum Gasteiger partial charge on any atom is 0.265 e. The Morgan fingerprint density at radius 3 is 2.67 bits per heavy atom. The lowest BCUT2D eigenvalue weighted by molar-refractivity contribution is 0.0953. The van der Waals surface area contributed by atoms with E-state index in [0.717, 1.165) is 0 Å². The van der Waals surface area contributed by atoms with E-state index < -0.39 is 0 Å². The Bertz CT molecular complexity index is 622. The van der Waals surface area contributed by atoms with Gasteiger partial charge < -0.3 is 9.47 Å². The molecule has 1 amide bonds. The first-order chi connectivity index (χ1) is 10.2. The molecule has 1 aromatic carbocycles. The van der Waals surface area contributed by atoms with Crippen molar-refractivity contribution in [1.82, 2.24) is 10.4 Å². The molecule has 0 radical (unpaired) electrons. The summed E-state index contributed by atoms with van der Waals surface area (Å²) in [4.78, 5) is 15.3. The number of hydrogen-bond donors (Lipinski definition) is 2. The Kier molecular flexibility index (Phi) is 5.36. The zero-order chi connectivity index (χ0) is 15.1. The first kappa shape index (κ1) is 15.1. The topological polar surface area (TPSA) is 86.5 Å². The lowest BCUT2D eigenvalue weighted by Gasteiger charge is -2.09. The quantitative estimate of drug-likeness (QED) is 0.368. The highest BCUT2D eigenvalue weighted by Crippen LogP contribution is 2.16. The largest absolute Gasteiger partial charge is 0.490 e. The van der Waals surface area contributed by atoms with Crippen LogP contribution in [-0.2, 0) is 0 Å². The molecule has 0 spiro atoms. The van der Waals surface area contributed by atoms with Crippen LogP contribution < -0.4 is 20.7 Å². The van der Waals surface area contributed by atoms with E-state index in [-0.39, 0.29) is 5.91 Å². The van der Waals surface area contributed by atoms with Crippen LogP contribution in [0.25, 0.3) is 0 Å². The molecule has 0 bridgehead atoms. The van der Waals surface area contributed by atoms with Crippen molar-refractivity contribution < 1.29 is 14.3 Å². The molecule has 0 aliphatic carbocycles. The molecule has 2 rings (SSSR count). The second-order valence-electron chi connectivity index (χ2n) is 4.04. The fourth-order valence-corrected chi connectivity index (χ4v) is 1.76. The van der Waals surface area contributed by atoms with Gasteiger partial charge in [0.05, 0.1) is 11.2 Å². The number of hydrogen-bond acceptors (Lipinski definition) is 5. The van der Waals surface area contributed by atoms with Crippen LogP contribution in [-0.4, -0.2) is 24.1 Å². The highest BCUT2D eigenvalue weighted by molar-refractivity contribution is 6.30. The SMILES string of the molecule is NNC(=O)c1cccc(OCCOc2cncc(Cl)c2)c1. The monoisotopic (exact) mass is 307 g/mol. The number of nitrogen functional groups attached to an aromatic ring is 1. The van der Waals surface area contributed by atoms with Gasteiger partial charge in [-0.25, -0.2) is 5.84 Å². The van der Waals surface area contributed by atoms with Crippen molar-refractivity contribution in [2.75, 3.05) is 13.2 Å². The lowest BCUT2D eigenvalue weighted by atomic mass is 10.2. The first-order valence-electron chi connectivity index (χ1n) is 6.16. The van der Waals surface area contributed by atoms with Crippen LogP contribution in [0, 0.1) is 0 Å². The number of amides is 1. The number of nitrogens with zero attached hydrogens (tertiary/aromatic N) is 1. The highest BCUT2D eigenvalue weighted by Gasteiger charge is 2.04. The average molecular weight is 308 g/mol. The Morgan fingerprint density at radius 2 is 1.95 bits per heavy atom. The van der Waals surface area contributed by atoms with Gasteiger partial charge in [-0.3, -0.25) is 15.2 Å². The molecule has 0 aliphatic rings. The number of benzene rings is 1. The third-order valence-electron chi connectivity index (χ3n) is 2.53. The number of carbonyl (C=O) groups is 1. The van der Waals surface area contributed by atoms with E-state index in [1.165, 1.54) is 6.20 Å². The van der Waals surface area contributed by atoms with Gasteiger partial charge >= 0.3 is 0 Å². The Morgan fingerprint density at radius 1 is 1.19 bits per heavy atom. The predicted octanol–water partition coefficient (Wildman–Crippen LogP) is 1.80. The van der Waals surface area contributed by atoms with Crippen molar-refractivity contribution in [2.24, 2.45) is 5.84 Å². The summed E-state index contributed by atoms with van der Waals surface area (Å²) in [6.07, 6.45) is 3.09. The number of aromatic nitrogens is 1. The Labute approximate surface area is 126 Å². The number of pyridine rings is 1. The molecule has 1 aromatic heterocycles. The maximum absolute atomic E-state index is 11.4. The Balaban J connectivity index is 1.82. The summed E-state index contributed by atoms with van der Waals surface area (Å²) in [6.45, 7) is 0.648. The number of carbonyl (C=O) groups excluding carboxylic acids is 1. The number of ether oxygens (including phenoxy) is 2. The summed E-state index contributed by atoms with van der Waals surface area (Å²) in [5.41, 5.74) is 2.49. The van der Waals surface area contributed by atoms with Crippen LogP contribution in [0.15, 0.2) is 42.7 Å². The molecular weight excluding hydrogens is 294 g/mol. The third kappa shape index (κ3) is 4.62. The van der Waals surface area contributed by atoms with E-state index in [1.54, 1.807) is 36.5 Å².